The maximum absolute atomic E-state index is 14.6. The van der Waals surface area contributed by atoms with Gasteiger partial charge < -0.3 is 20.9 Å². The summed E-state index contributed by atoms with van der Waals surface area (Å²) in [6.07, 6.45) is 5.02. The van der Waals surface area contributed by atoms with Crippen LogP contribution in [-0.4, -0.2) is 48.4 Å². The fourth-order valence-corrected chi connectivity index (χ4v) is 4.15. The summed E-state index contributed by atoms with van der Waals surface area (Å²) in [6, 6.07) is 8.19. The monoisotopic (exact) mass is 458 g/mol. The van der Waals surface area contributed by atoms with Gasteiger partial charge in [0.25, 0.3) is 0 Å². The summed E-state index contributed by atoms with van der Waals surface area (Å²) in [5.74, 6) is 1.79. The molecule has 3 N–H and O–H groups in total. The molecule has 3 aromatic rings. The minimum Gasteiger partial charge on any atom is -0.373 e. The molecule has 9 heteroatoms. The van der Waals surface area contributed by atoms with Gasteiger partial charge in [0, 0.05) is 56.3 Å². The van der Waals surface area contributed by atoms with Crippen LogP contribution >= 0.6 is 0 Å². The Morgan fingerprint density at radius 1 is 1.12 bits per heavy atom. The third kappa shape index (κ3) is 4.39. The number of hydrogen-bond acceptors (Lipinski definition) is 8. The van der Waals surface area contributed by atoms with E-state index in [-0.39, 0.29) is 5.56 Å². The number of aromatic nitrogens is 3. The van der Waals surface area contributed by atoms with E-state index >= 15 is 0 Å². The molecule has 0 radical (unpaired) electrons. The van der Waals surface area contributed by atoms with Crippen molar-refractivity contribution in [1.82, 2.24) is 15.0 Å². The van der Waals surface area contributed by atoms with E-state index in [2.05, 4.69) is 27.4 Å². The third-order valence-electron chi connectivity index (χ3n) is 6.16. The molecule has 1 aliphatic heterocycles. The highest BCUT2D eigenvalue weighted by atomic mass is 19.1. The van der Waals surface area contributed by atoms with Gasteiger partial charge in [0.15, 0.2) is 0 Å². The fourth-order valence-electron chi connectivity index (χ4n) is 4.15. The zero-order valence-electron chi connectivity index (χ0n) is 19.5. The zero-order chi connectivity index (χ0) is 24.2. The van der Waals surface area contributed by atoms with Gasteiger partial charge in [0.05, 0.1) is 16.8 Å². The van der Waals surface area contributed by atoms with Gasteiger partial charge >= 0.3 is 0 Å². The van der Waals surface area contributed by atoms with Crippen molar-refractivity contribution in [2.45, 2.75) is 19.8 Å². The molecule has 1 saturated heterocycles. The molecule has 0 bridgehead atoms. The third-order valence-corrected chi connectivity index (χ3v) is 6.16. The Hall–Kier alpha value is -4.06. The molecule has 0 atom stereocenters. The Kier molecular flexibility index (Phi) is 6.68. The molecule has 3 heterocycles. The van der Waals surface area contributed by atoms with Crippen molar-refractivity contribution in [2.75, 3.05) is 42.7 Å². The molecular formula is C25H27FN8. The van der Waals surface area contributed by atoms with Crippen molar-refractivity contribution in [3.63, 3.8) is 0 Å². The van der Waals surface area contributed by atoms with Gasteiger partial charge in [0.2, 0.25) is 5.95 Å². The van der Waals surface area contributed by atoms with Crippen molar-refractivity contribution in [3.8, 4) is 28.5 Å². The number of nitriles is 1. The first-order valence-corrected chi connectivity index (χ1v) is 11.2. The van der Waals surface area contributed by atoms with E-state index in [1.165, 1.54) is 18.3 Å². The largest absolute Gasteiger partial charge is 0.373 e. The average molecular weight is 459 g/mol. The van der Waals surface area contributed by atoms with Gasteiger partial charge in [-0.15, -0.1) is 0 Å². The Morgan fingerprint density at radius 3 is 2.47 bits per heavy atom. The molecular weight excluding hydrogens is 431 g/mol. The second-order valence-corrected chi connectivity index (χ2v) is 8.38. The van der Waals surface area contributed by atoms with Crippen LogP contribution in [0.1, 0.15) is 30.9 Å². The van der Waals surface area contributed by atoms with Gasteiger partial charge in [-0.1, -0.05) is 13.0 Å². The molecule has 0 amide bonds. The van der Waals surface area contributed by atoms with Crippen molar-refractivity contribution in [3.05, 3.63) is 47.4 Å². The van der Waals surface area contributed by atoms with Gasteiger partial charge in [-0.2, -0.15) is 10.2 Å². The first-order valence-electron chi connectivity index (χ1n) is 11.2. The summed E-state index contributed by atoms with van der Waals surface area (Å²) < 4.78 is 14.6. The summed E-state index contributed by atoms with van der Waals surface area (Å²) in [5.41, 5.74) is 2.99. The Bertz CT molecular complexity index is 1260. The molecule has 0 saturated carbocycles. The number of anilines is 3. The topological polar surface area (TPSA) is 114 Å². The number of nitrogens with zero attached hydrogens (tertiary/aromatic N) is 5. The van der Waals surface area contributed by atoms with Crippen LogP contribution in [-0.2, 0) is 0 Å². The van der Waals surface area contributed by atoms with Crippen molar-refractivity contribution >= 4 is 23.8 Å². The first-order chi connectivity index (χ1) is 16.5. The van der Waals surface area contributed by atoms with Crippen LogP contribution in [0.4, 0.5) is 22.0 Å². The normalized spacial score (nSPS) is 13.9. The number of pyridine rings is 1. The van der Waals surface area contributed by atoms with E-state index in [0.29, 0.717) is 51.4 Å². The van der Waals surface area contributed by atoms with E-state index in [4.69, 9.17) is 20.6 Å². The lowest BCUT2D eigenvalue weighted by Gasteiger charge is -2.31. The van der Waals surface area contributed by atoms with Crippen molar-refractivity contribution in [2.24, 2.45) is 5.92 Å². The molecule has 0 unspecified atom stereocenters. The van der Waals surface area contributed by atoms with Crippen molar-refractivity contribution in [1.29, 1.82) is 10.7 Å². The number of piperidine rings is 1. The predicted octanol–water partition coefficient (Wildman–Crippen LogP) is 4.53. The van der Waals surface area contributed by atoms with Crippen LogP contribution < -0.4 is 15.5 Å². The maximum Gasteiger partial charge on any atom is 0.227 e. The smallest absolute Gasteiger partial charge is 0.227 e. The first kappa shape index (κ1) is 23.1. The molecule has 34 heavy (non-hydrogen) atoms. The Balaban J connectivity index is 1.95. The van der Waals surface area contributed by atoms with Gasteiger partial charge in [-0.25, -0.2) is 14.4 Å². The summed E-state index contributed by atoms with van der Waals surface area (Å²) in [7, 11) is 3.53. The quantitative estimate of drug-likeness (QED) is 0.465. The predicted molar refractivity (Wildman–Crippen MR) is 133 cm³/mol. The van der Waals surface area contributed by atoms with E-state index in [1.54, 1.807) is 26.4 Å². The molecule has 1 aliphatic rings. The van der Waals surface area contributed by atoms with E-state index in [0.717, 1.165) is 25.9 Å². The molecule has 0 spiro atoms. The van der Waals surface area contributed by atoms with Crippen LogP contribution in [0.25, 0.3) is 22.4 Å². The Morgan fingerprint density at radius 2 is 1.85 bits per heavy atom. The second kappa shape index (κ2) is 9.83. The lowest BCUT2D eigenvalue weighted by molar-refractivity contribution is 0.434. The summed E-state index contributed by atoms with van der Waals surface area (Å²) >= 11 is 0. The number of halogens is 1. The van der Waals surface area contributed by atoms with Crippen LogP contribution in [0.15, 0.2) is 30.5 Å². The van der Waals surface area contributed by atoms with Gasteiger partial charge in [-0.3, -0.25) is 0 Å². The highest BCUT2D eigenvalue weighted by Gasteiger charge is 2.24. The number of benzene rings is 1. The molecule has 2 aromatic heterocycles. The molecule has 4 rings (SSSR count). The standard InChI is InChI=1S/C25H27FN8/c1-15-6-8-34(9-7-15)25-32-22(16-4-5-17(12-27)20(26)11-16)21(24(30-3)33-25)19-10-18(13-28)23(29-2)31-14-19/h4-5,10-11,13-15,28H,6-9H2,1-3H3,(H,29,31)(H,30,32,33). The van der Waals surface area contributed by atoms with Gasteiger partial charge in [0.1, 0.15) is 23.5 Å². The molecule has 8 nitrogen and oxygen atoms in total. The highest BCUT2D eigenvalue weighted by molar-refractivity contribution is 5.93. The summed E-state index contributed by atoms with van der Waals surface area (Å²) in [6.45, 7) is 3.94. The number of nitrogens with one attached hydrogen (secondary N) is 3. The maximum atomic E-state index is 14.6. The molecule has 174 valence electrons. The minimum atomic E-state index is -0.604. The van der Waals surface area contributed by atoms with Crippen LogP contribution in [0, 0.1) is 28.5 Å². The summed E-state index contributed by atoms with van der Waals surface area (Å²) in [5, 5.41) is 23.1. The molecule has 0 aliphatic carbocycles. The van der Waals surface area contributed by atoms with Crippen LogP contribution in [0.3, 0.4) is 0 Å². The SMILES string of the molecule is CNc1ncc(-c2c(NC)nc(N3CCC(C)CC3)nc2-c2ccc(C#N)c(F)c2)cc1C=N. The number of hydrogen-bond donors (Lipinski definition) is 3. The lowest BCUT2D eigenvalue weighted by atomic mass is 9.98. The zero-order valence-corrected chi connectivity index (χ0v) is 19.5. The highest BCUT2D eigenvalue weighted by Crippen LogP contribution is 2.38. The average Bonchev–Trinajstić information content (AvgIpc) is 2.87. The van der Waals surface area contributed by atoms with E-state index < -0.39 is 5.82 Å². The fraction of sp³-hybridized carbons (Fsp3) is 0.320. The van der Waals surface area contributed by atoms with Crippen LogP contribution in [0.2, 0.25) is 0 Å². The Labute approximate surface area is 198 Å². The van der Waals surface area contributed by atoms with E-state index in [9.17, 15) is 4.39 Å². The van der Waals surface area contributed by atoms with Crippen LogP contribution in [0.5, 0.6) is 0 Å². The lowest BCUT2D eigenvalue weighted by Crippen LogP contribution is -2.34. The molecule has 1 fully saturated rings. The second-order valence-electron chi connectivity index (χ2n) is 8.38. The minimum absolute atomic E-state index is 0.0235. The number of rotatable bonds is 6. The molecule has 1 aromatic carbocycles. The summed E-state index contributed by atoms with van der Waals surface area (Å²) in [4.78, 5) is 16.3. The van der Waals surface area contributed by atoms with Crippen molar-refractivity contribution < 1.29 is 4.39 Å². The van der Waals surface area contributed by atoms with Gasteiger partial charge in [-0.05, 0) is 37.0 Å². The van der Waals surface area contributed by atoms with E-state index in [1.807, 2.05) is 12.1 Å².